The monoisotopic (exact) mass is 215 g/mol. The van der Waals surface area contributed by atoms with Crippen molar-refractivity contribution in [3.63, 3.8) is 0 Å². The SMILES string of the molecule is Nc1nnc(C2(C(=O)O)CCCO2)s1. The number of rotatable bonds is 2. The van der Waals surface area contributed by atoms with E-state index in [1.165, 1.54) is 0 Å². The van der Waals surface area contributed by atoms with E-state index >= 15 is 0 Å². The maximum absolute atomic E-state index is 11.1. The minimum Gasteiger partial charge on any atom is -0.479 e. The number of nitrogens with zero attached hydrogens (tertiary/aromatic N) is 2. The predicted octanol–water partition coefficient (Wildman–Crippen LogP) is 0.211. The van der Waals surface area contributed by atoms with Gasteiger partial charge in [-0.1, -0.05) is 11.3 Å². The van der Waals surface area contributed by atoms with Crippen LogP contribution in [0.5, 0.6) is 0 Å². The Morgan fingerprint density at radius 3 is 2.86 bits per heavy atom. The summed E-state index contributed by atoms with van der Waals surface area (Å²) in [6, 6.07) is 0. The number of carboxylic acid groups (broad SMARTS) is 1. The Kier molecular flexibility index (Phi) is 2.12. The van der Waals surface area contributed by atoms with Gasteiger partial charge in [0.1, 0.15) is 0 Å². The number of nitrogen functional groups attached to an aromatic ring is 1. The summed E-state index contributed by atoms with van der Waals surface area (Å²) in [6.45, 7) is 0.436. The maximum Gasteiger partial charge on any atom is 0.343 e. The summed E-state index contributed by atoms with van der Waals surface area (Å²) >= 11 is 1.06. The highest BCUT2D eigenvalue weighted by Crippen LogP contribution is 2.38. The van der Waals surface area contributed by atoms with Crippen molar-refractivity contribution in [2.45, 2.75) is 18.4 Å². The van der Waals surface area contributed by atoms with Crippen molar-refractivity contribution in [2.24, 2.45) is 0 Å². The van der Waals surface area contributed by atoms with Crippen LogP contribution in [0.3, 0.4) is 0 Å². The molecule has 1 aromatic rings. The third-order valence-corrected chi connectivity index (χ3v) is 3.05. The van der Waals surface area contributed by atoms with Crippen LogP contribution in [0, 0.1) is 0 Å². The van der Waals surface area contributed by atoms with Crippen molar-refractivity contribution in [1.29, 1.82) is 0 Å². The van der Waals surface area contributed by atoms with E-state index in [1.807, 2.05) is 0 Å². The van der Waals surface area contributed by atoms with Gasteiger partial charge in [0.05, 0.1) is 0 Å². The quantitative estimate of drug-likeness (QED) is 0.731. The Morgan fingerprint density at radius 2 is 2.43 bits per heavy atom. The number of anilines is 1. The predicted molar refractivity (Wildman–Crippen MR) is 48.8 cm³/mol. The molecule has 6 nitrogen and oxygen atoms in total. The Labute approximate surface area is 83.7 Å². The van der Waals surface area contributed by atoms with E-state index in [2.05, 4.69) is 10.2 Å². The normalized spacial score (nSPS) is 26.6. The molecule has 0 aromatic carbocycles. The summed E-state index contributed by atoms with van der Waals surface area (Å²) in [5.74, 6) is -1.02. The van der Waals surface area contributed by atoms with Crippen molar-refractivity contribution in [3.8, 4) is 0 Å². The minimum absolute atomic E-state index is 0.260. The first kappa shape index (κ1) is 9.35. The highest BCUT2D eigenvalue weighted by molar-refractivity contribution is 7.15. The third-order valence-electron chi connectivity index (χ3n) is 2.15. The lowest BCUT2D eigenvalue weighted by Gasteiger charge is -2.19. The standard InChI is InChI=1S/C7H9N3O3S/c8-6-10-9-4(14-6)7(5(11)12)2-1-3-13-7/h1-3H2,(H2,8,10)(H,11,12). The van der Waals surface area contributed by atoms with Gasteiger partial charge < -0.3 is 15.6 Å². The topological polar surface area (TPSA) is 98.3 Å². The summed E-state index contributed by atoms with van der Waals surface area (Å²) in [7, 11) is 0. The molecule has 1 fully saturated rings. The van der Waals surface area contributed by atoms with E-state index in [-0.39, 0.29) is 5.13 Å². The van der Waals surface area contributed by atoms with E-state index in [1.54, 1.807) is 0 Å². The fourth-order valence-electron chi connectivity index (χ4n) is 1.47. The van der Waals surface area contributed by atoms with Crippen molar-refractivity contribution in [1.82, 2.24) is 10.2 Å². The van der Waals surface area contributed by atoms with Gasteiger partial charge in [0, 0.05) is 6.61 Å². The van der Waals surface area contributed by atoms with Crippen LogP contribution in [0.1, 0.15) is 17.8 Å². The molecule has 0 amide bonds. The van der Waals surface area contributed by atoms with Crippen LogP contribution in [-0.2, 0) is 15.1 Å². The summed E-state index contributed by atoms with van der Waals surface area (Å²) in [6.07, 6.45) is 1.14. The van der Waals surface area contributed by atoms with Gasteiger partial charge in [0.25, 0.3) is 0 Å². The smallest absolute Gasteiger partial charge is 0.343 e. The molecule has 2 rings (SSSR count). The molecule has 0 bridgehead atoms. The van der Waals surface area contributed by atoms with Crippen LogP contribution in [0.4, 0.5) is 5.13 Å². The highest BCUT2D eigenvalue weighted by Gasteiger charge is 2.47. The number of aromatic nitrogens is 2. The summed E-state index contributed by atoms with van der Waals surface area (Å²) in [5.41, 5.74) is 4.09. The van der Waals surface area contributed by atoms with Gasteiger partial charge in [-0.05, 0) is 12.8 Å². The number of carboxylic acids is 1. The molecule has 2 heterocycles. The second-order valence-electron chi connectivity index (χ2n) is 3.03. The minimum atomic E-state index is -1.31. The molecular weight excluding hydrogens is 206 g/mol. The zero-order valence-corrected chi connectivity index (χ0v) is 8.08. The van der Waals surface area contributed by atoms with Gasteiger partial charge in [-0.15, -0.1) is 10.2 Å². The first-order chi connectivity index (χ1) is 6.65. The van der Waals surface area contributed by atoms with E-state index in [0.29, 0.717) is 24.5 Å². The van der Waals surface area contributed by atoms with Gasteiger partial charge in [-0.2, -0.15) is 0 Å². The molecule has 76 valence electrons. The van der Waals surface area contributed by atoms with Crippen molar-refractivity contribution in [2.75, 3.05) is 12.3 Å². The Balaban J connectivity index is 2.41. The Hall–Kier alpha value is -1.21. The van der Waals surface area contributed by atoms with E-state index in [0.717, 1.165) is 11.3 Å². The fraction of sp³-hybridized carbons (Fsp3) is 0.571. The molecule has 1 aliphatic heterocycles. The average Bonchev–Trinajstić information content (AvgIpc) is 2.71. The number of nitrogens with two attached hydrogens (primary N) is 1. The molecular formula is C7H9N3O3S. The fourth-order valence-corrected chi connectivity index (χ4v) is 2.24. The van der Waals surface area contributed by atoms with Crippen molar-refractivity contribution >= 4 is 22.4 Å². The summed E-state index contributed by atoms with van der Waals surface area (Å²) in [4.78, 5) is 11.1. The number of hydrogen-bond acceptors (Lipinski definition) is 6. The molecule has 0 saturated carbocycles. The second-order valence-corrected chi connectivity index (χ2v) is 4.04. The second kappa shape index (κ2) is 3.18. The van der Waals surface area contributed by atoms with Crippen molar-refractivity contribution in [3.05, 3.63) is 5.01 Å². The van der Waals surface area contributed by atoms with E-state index in [4.69, 9.17) is 15.6 Å². The van der Waals surface area contributed by atoms with Gasteiger partial charge in [0.15, 0.2) is 5.01 Å². The number of hydrogen-bond donors (Lipinski definition) is 2. The van der Waals surface area contributed by atoms with Crippen LogP contribution in [0.25, 0.3) is 0 Å². The lowest BCUT2D eigenvalue weighted by molar-refractivity contribution is -0.161. The average molecular weight is 215 g/mol. The molecule has 1 atom stereocenters. The van der Waals surface area contributed by atoms with Crippen molar-refractivity contribution < 1.29 is 14.6 Å². The third kappa shape index (κ3) is 1.25. The largest absolute Gasteiger partial charge is 0.479 e. The van der Waals surface area contributed by atoms with E-state index in [9.17, 15) is 4.79 Å². The zero-order valence-electron chi connectivity index (χ0n) is 7.27. The first-order valence-corrected chi connectivity index (χ1v) is 4.93. The molecule has 1 unspecified atom stereocenters. The molecule has 0 radical (unpaired) electrons. The van der Waals surface area contributed by atoms with Crippen LogP contribution in [0.2, 0.25) is 0 Å². The molecule has 0 aliphatic carbocycles. The molecule has 1 aliphatic rings. The van der Waals surface area contributed by atoms with Gasteiger partial charge >= 0.3 is 5.97 Å². The Bertz CT molecular complexity index is 359. The summed E-state index contributed by atoms with van der Waals surface area (Å²) < 4.78 is 5.25. The molecule has 1 saturated heterocycles. The number of carbonyl (C=O) groups is 1. The number of ether oxygens (including phenoxy) is 1. The highest BCUT2D eigenvalue weighted by atomic mass is 32.1. The maximum atomic E-state index is 11.1. The zero-order chi connectivity index (χ0) is 10.2. The van der Waals surface area contributed by atoms with Crippen LogP contribution in [-0.4, -0.2) is 27.9 Å². The van der Waals surface area contributed by atoms with Gasteiger partial charge in [-0.25, -0.2) is 4.79 Å². The molecule has 0 spiro atoms. The molecule has 14 heavy (non-hydrogen) atoms. The molecule has 3 N–H and O–H groups in total. The number of aliphatic carboxylic acids is 1. The lowest BCUT2D eigenvalue weighted by atomic mass is 10.0. The van der Waals surface area contributed by atoms with Crippen LogP contribution >= 0.6 is 11.3 Å². The van der Waals surface area contributed by atoms with Crippen LogP contribution in [0.15, 0.2) is 0 Å². The molecule has 7 heteroatoms. The first-order valence-electron chi connectivity index (χ1n) is 4.12. The Morgan fingerprint density at radius 1 is 1.64 bits per heavy atom. The molecule has 1 aromatic heterocycles. The van der Waals surface area contributed by atoms with Crippen LogP contribution < -0.4 is 5.73 Å². The van der Waals surface area contributed by atoms with Gasteiger partial charge in [-0.3, -0.25) is 0 Å². The van der Waals surface area contributed by atoms with Gasteiger partial charge in [0.2, 0.25) is 10.7 Å². The van der Waals surface area contributed by atoms with E-state index < -0.39 is 11.6 Å². The lowest BCUT2D eigenvalue weighted by Crippen LogP contribution is -2.34. The summed E-state index contributed by atoms with van der Waals surface area (Å²) in [5, 5.41) is 17.0.